The first-order valence-electron chi connectivity index (χ1n) is 5.13. The number of hydrogen-bond donors (Lipinski definition) is 0. The summed E-state index contributed by atoms with van der Waals surface area (Å²) < 4.78 is 0.999. The van der Waals surface area contributed by atoms with Crippen LogP contribution in [-0.2, 0) is 4.79 Å². The van der Waals surface area contributed by atoms with Gasteiger partial charge in [0.15, 0.2) is 4.34 Å². The van der Waals surface area contributed by atoms with Gasteiger partial charge >= 0.3 is 0 Å². The summed E-state index contributed by atoms with van der Waals surface area (Å²) >= 11 is 3.34. The number of Topliss-reactive ketones (excluding diaryl/α,β-unsaturated/α-hetero) is 1. The van der Waals surface area contributed by atoms with Crippen LogP contribution >= 0.6 is 23.1 Å². The largest absolute Gasteiger partial charge is 0.300 e. The van der Waals surface area contributed by atoms with E-state index in [9.17, 15) is 4.79 Å². The van der Waals surface area contributed by atoms with Crippen molar-refractivity contribution >= 4 is 28.9 Å². The van der Waals surface area contributed by atoms with Gasteiger partial charge in [0, 0.05) is 18.1 Å². The van der Waals surface area contributed by atoms with Crippen LogP contribution in [0.5, 0.6) is 0 Å². The Hall–Kier alpha value is -0.420. The molecule has 82 valence electrons. The molecule has 1 aliphatic rings. The van der Waals surface area contributed by atoms with Gasteiger partial charge in [0.05, 0.1) is 0 Å². The molecule has 1 heterocycles. The van der Waals surface area contributed by atoms with Crippen molar-refractivity contribution in [3.63, 3.8) is 0 Å². The highest BCUT2D eigenvalue weighted by atomic mass is 32.2. The summed E-state index contributed by atoms with van der Waals surface area (Å²) in [6.07, 6.45) is 2.48. The molecule has 0 aliphatic heterocycles. The van der Waals surface area contributed by atoms with Crippen LogP contribution in [0.15, 0.2) is 4.34 Å². The number of carbonyl (C=O) groups is 1. The molecule has 1 saturated carbocycles. The zero-order valence-corrected chi connectivity index (χ0v) is 10.5. The van der Waals surface area contributed by atoms with Crippen LogP contribution in [0.3, 0.4) is 0 Å². The SMILES string of the molecule is Cc1nnc(SC2CC(=O)CCC2C)s1. The molecule has 0 saturated heterocycles. The van der Waals surface area contributed by atoms with E-state index in [2.05, 4.69) is 17.1 Å². The number of aryl methyl sites for hydroxylation is 1. The van der Waals surface area contributed by atoms with Crippen molar-refractivity contribution in [1.82, 2.24) is 10.2 Å². The first-order valence-corrected chi connectivity index (χ1v) is 6.83. The van der Waals surface area contributed by atoms with E-state index >= 15 is 0 Å². The molecule has 2 unspecified atom stereocenters. The van der Waals surface area contributed by atoms with E-state index in [1.165, 1.54) is 0 Å². The fourth-order valence-corrected chi connectivity index (χ4v) is 4.04. The summed E-state index contributed by atoms with van der Waals surface area (Å²) in [7, 11) is 0. The molecule has 0 radical (unpaired) electrons. The maximum atomic E-state index is 11.4. The highest BCUT2D eigenvalue weighted by Gasteiger charge is 2.27. The highest BCUT2D eigenvalue weighted by Crippen LogP contribution is 2.36. The zero-order valence-electron chi connectivity index (χ0n) is 8.90. The minimum atomic E-state index is 0.395. The number of aromatic nitrogens is 2. The lowest BCUT2D eigenvalue weighted by molar-refractivity contribution is -0.120. The van der Waals surface area contributed by atoms with Crippen molar-refractivity contribution in [2.45, 2.75) is 42.7 Å². The molecule has 0 amide bonds. The van der Waals surface area contributed by atoms with Gasteiger partial charge < -0.3 is 0 Å². The van der Waals surface area contributed by atoms with Crippen molar-refractivity contribution in [2.24, 2.45) is 5.92 Å². The fourth-order valence-electron chi connectivity index (χ4n) is 1.72. The summed E-state index contributed by atoms with van der Waals surface area (Å²) in [4.78, 5) is 11.4. The summed E-state index contributed by atoms with van der Waals surface area (Å²) in [6.45, 7) is 4.18. The van der Waals surface area contributed by atoms with Gasteiger partial charge in [-0.3, -0.25) is 4.79 Å². The Morgan fingerprint density at radius 2 is 2.27 bits per heavy atom. The lowest BCUT2D eigenvalue weighted by Crippen LogP contribution is -2.24. The van der Waals surface area contributed by atoms with Gasteiger partial charge in [-0.25, -0.2) is 0 Å². The van der Waals surface area contributed by atoms with Crippen LogP contribution < -0.4 is 0 Å². The van der Waals surface area contributed by atoms with Gasteiger partial charge in [-0.1, -0.05) is 30.0 Å². The van der Waals surface area contributed by atoms with Crippen molar-refractivity contribution in [1.29, 1.82) is 0 Å². The van der Waals surface area contributed by atoms with E-state index in [-0.39, 0.29) is 0 Å². The third-order valence-corrected chi connectivity index (χ3v) is 5.09. The average molecular weight is 242 g/mol. The number of hydrogen-bond acceptors (Lipinski definition) is 5. The quantitative estimate of drug-likeness (QED) is 0.799. The van der Waals surface area contributed by atoms with E-state index in [0.717, 1.165) is 22.2 Å². The van der Waals surface area contributed by atoms with Crippen LogP contribution in [0.4, 0.5) is 0 Å². The minimum Gasteiger partial charge on any atom is -0.300 e. The third-order valence-electron chi connectivity index (χ3n) is 2.70. The Balaban J connectivity index is 2.01. The van der Waals surface area contributed by atoms with E-state index in [0.29, 0.717) is 23.4 Å². The number of rotatable bonds is 2. The molecule has 1 fully saturated rings. The maximum Gasteiger partial charge on any atom is 0.174 e. The predicted molar refractivity (Wildman–Crippen MR) is 62.3 cm³/mol. The molecule has 1 aromatic heterocycles. The molecule has 3 nitrogen and oxygen atoms in total. The standard InChI is InChI=1S/C10H14N2OS2/c1-6-3-4-8(13)5-9(6)15-10-12-11-7(2)14-10/h6,9H,3-5H2,1-2H3. The van der Waals surface area contributed by atoms with Gasteiger partial charge in [-0.05, 0) is 19.3 Å². The average Bonchev–Trinajstić information content (AvgIpc) is 2.58. The van der Waals surface area contributed by atoms with Gasteiger partial charge in [-0.15, -0.1) is 10.2 Å². The summed E-state index contributed by atoms with van der Waals surface area (Å²) in [6, 6.07) is 0. The zero-order chi connectivity index (χ0) is 10.8. The van der Waals surface area contributed by atoms with Crippen LogP contribution in [0, 0.1) is 12.8 Å². The topological polar surface area (TPSA) is 42.9 Å². The van der Waals surface area contributed by atoms with E-state index in [1.807, 2.05) is 6.92 Å². The molecule has 2 atom stereocenters. The van der Waals surface area contributed by atoms with Crippen molar-refractivity contribution in [3.8, 4) is 0 Å². The second-order valence-electron chi connectivity index (χ2n) is 4.00. The van der Waals surface area contributed by atoms with Crippen molar-refractivity contribution in [2.75, 3.05) is 0 Å². The molecule has 5 heteroatoms. The number of nitrogens with zero attached hydrogens (tertiary/aromatic N) is 2. The fraction of sp³-hybridized carbons (Fsp3) is 0.700. The van der Waals surface area contributed by atoms with Gasteiger partial charge in [-0.2, -0.15) is 0 Å². The van der Waals surface area contributed by atoms with E-state index in [1.54, 1.807) is 23.1 Å². The minimum absolute atomic E-state index is 0.395. The Bertz CT molecular complexity index is 364. The van der Waals surface area contributed by atoms with Crippen LogP contribution in [0.1, 0.15) is 31.2 Å². The first kappa shape index (κ1) is 11.1. The molecule has 2 rings (SSSR count). The second kappa shape index (κ2) is 4.61. The molecule has 15 heavy (non-hydrogen) atoms. The third kappa shape index (κ3) is 2.78. The van der Waals surface area contributed by atoms with Crippen LogP contribution in [0.2, 0.25) is 0 Å². The van der Waals surface area contributed by atoms with Crippen molar-refractivity contribution < 1.29 is 4.79 Å². The van der Waals surface area contributed by atoms with Crippen molar-refractivity contribution in [3.05, 3.63) is 5.01 Å². The van der Waals surface area contributed by atoms with Gasteiger partial charge in [0.25, 0.3) is 0 Å². The normalized spacial score (nSPS) is 26.9. The summed E-state index contributed by atoms with van der Waals surface area (Å²) in [5, 5.41) is 9.47. The van der Waals surface area contributed by atoms with E-state index in [4.69, 9.17) is 0 Å². The van der Waals surface area contributed by atoms with Gasteiger partial charge in [0.1, 0.15) is 10.8 Å². The molecular weight excluding hydrogens is 228 g/mol. The van der Waals surface area contributed by atoms with Crippen LogP contribution in [0.25, 0.3) is 0 Å². The molecule has 1 aromatic rings. The second-order valence-corrected chi connectivity index (χ2v) is 6.67. The molecule has 0 bridgehead atoms. The van der Waals surface area contributed by atoms with Gasteiger partial charge in [0.2, 0.25) is 0 Å². The predicted octanol–water partition coefficient (Wildman–Crippen LogP) is 2.70. The monoisotopic (exact) mass is 242 g/mol. The smallest absolute Gasteiger partial charge is 0.174 e. The van der Waals surface area contributed by atoms with Crippen LogP contribution in [-0.4, -0.2) is 21.2 Å². The molecule has 1 aliphatic carbocycles. The molecule has 0 N–H and O–H groups in total. The summed E-state index contributed by atoms with van der Waals surface area (Å²) in [5.41, 5.74) is 0. The molecule has 0 spiro atoms. The van der Waals surface area contributed by atoms with E-state index < -0.39 is 0 Å². The summed E-state index contributed by atoms with van der Waals surface area (Å²) in [5.74, 6) is 1.00. The maximum absolute atomic E-state index is 11.4. The molecular formula is C10H14N2OS2. The number of thioether (sulfide) groups is 1. The number of ketones is 1. The Labute approximate surface area is 97.7 Å². The Kier molecular flexibility index (Phi) is 3.41. The first-order chi connectivity index (χ1) is 7.15. The lowest BCUT2D eigenvalue weighted by atomic mass is 9.89. The highest BCUT2D eigenvalue weighted by molar-refractivity contribution is 8.01. The number of carbonyl (C=O) groups excluding carboxylic acids is 1. The Morgan fingerprint density at radius 3 is 2.93 bits per heavy atom. The lowest BCUT2D eigenvalue weighted by Gasteiger charge is -2.26. The Morgan fingerprint density at radius 1 is 1.47 bits per heavy atom. The molecule has 0 aromatic carbocycles.